The number of anilines is 1. The molecule has 2 heterocycles. The van der Waals surface area contributed by atoms with Gasteiger partial charge in [-0.1, -0.05) is 42.1 Å². The average molecular weight is 683 g/mol. The van der Waals surface area contributed by atoms with Crippen molar-refractivity contribution in [3.63, 3.8) is 0 Å². The highest BCUT2D eigenvalue weighted by molar-refractivity contribution is 9.10. The lowest BCUT2D eigenvalue weighted by Crippen LogP contribution is -2.45. The molecule has 13 heteroatoms. The van der Waals surface area contributed by atoms with Gasteiger partial charge in [0.2, 0.25) is 0 Å². The maximum Gasteiger partial charge on any atom is 0.408 e. The van der Waals surface area contributed by atoms with Crippen molar-refractivity contribution in [2.75, 3.05) is 29.6 Å². The highest BCUT2D eigenvalue weighted by Crippen LogP contribution is 2.46. The topological polar surface area (TPSA) is 124 Å². The number of aliphatic imine (C=N–C) groups is 1. The maximum atomic E-state index is 13.7. The van der Waals surface area contributed by atoms with Gasteiger partial charge in [0.1, 0.15) is 11.6 Å². The first-order valence-electron chi connectivity index (χ1n) is 13.7. The fraction of sp³-hybridized carbons (Fsp3) is 0.483. The number of ether oxygens (including phenoxy) is 3. The van der Waals surface area contributed by atoms with Crippen LogP contribution < -0.4 is 19.7 Å². The van der Waals surface area contributed by atoms with E-state index in [1.54, 1.807) is 37.8 Å². The quantitative estimate of drug-likeness (QED) is 0.390. The third-order valence-corrected chi connectivity index (χ3v) is 10.3. The number of benzene rings is 2. The Balaban J connectivity index is 1.73. The summed E-state index contributed by atoms with van der Waals surface area (Å²) in [7, 11) is -3.29. The van der Waals surface area contributed by atoms with Gasteiger partial charge in [-0.25, -0.2) is 13.2 Å². The lowest BCUT2D eigenvalue weighted by molar-refractivity contribution is -0.119. The van der Waals surface area contributed by atoms with E-state index in [2.05, 4.69) is 26.2 Å². The van der Waals surface area contributed by atoms with Crippen LogP contribution in [-0.4, -0.2) is 73.2 Å². The Morgan fingerprint density at radius 3 is 2.36 bits per heavy atom. The molecular formula is C29H36BrN3O7S2. The molecule has 2 aliphatic heterocycles. The van der Waals surface area contributed by atoms with Crippen molar-refractivity contribution in [1.82, 2.24) is 5.32 Å². The zero-order valence-corrected chi connectivity index (χ0v) is 27.5. The van der Waals surface area contributed by atoms with Gasteiger partial charge in [0.15, 0.2) is 26.5 Å². The Bertz CT molecular complexity index is 1450. The number of carbonyl (C=O) groups excluding carboxylic acids is 2. The summed E-state index contributed by atoms with van der Waals surface area (Å²) >= 11 is 4.87. The van der Waals surface area contributed by atoms with Gasteiger partial charge < -0.3 is 24.4 Å². The van der Waals surface area contributed by atoms with Gasteiger partial charge in [-0.15, -0.1) is 0 Å². The minimum absolute atomic E-state index is 0.0252. The fourth-order valence-corrected chi connectivity index (χ4v) is 9.19. The molecule has 2 aromatic rings. The number of amides is 2. The molecule has 2 aliphatic rings. The van der Waals surface area contributed by atoms with Gasteiger partial charge in [-0.3, -0.25) is 4.79 Å². The second-order valence-corrected chi connectivity index (χ2v) is 15.1. The van der Waals surface area contributed by atoms with E-state index in [0.717, 1.165) is 5.56 Å². The maximum absolute atomic E-state index is 13.7. The molecule has 2 amide bonds. The minimum Gasteiger partial charge on any atom is -0.490 e. The predicted octanol–water partition coefficient (Wildman–Crippen LogP) is 4.98. The molecular weight excluding hydrogens is 646 g/mol. The Morgan fingerprint density at radius 1 is 1.10 bits per heavy atom. The van der Waals surface area contributed by atoms with Crippen molar-refractivity contribution < 1.29 is 32.2 Å². The number of alkyl carbamates (subject to hydrolysis) is 1. The van der Waals surface area contributed by atoms with Crippen LogP contribution >= 0.6 is 27.7 Å². The Kier molecular flexibility index (Phi) is 10.1. The SMILES string of the molecule is CCOc1cc(Br)c(N2C(=NC(=O)[C@@H](Cc3ccccc3)NC(=O)OC(C)(C)C)S[C@H]3CS(=O)(=O)C[C@H]32)cc1OCC. The van der Waals surface area contributed by atoms with Crippen LogP contribution in [0, 0.1) is 0 Å². The van der Waals surface area contributed by atoms with E-state index in [4.69, 9.17) is 14.2 Å². The molecule has 0 radical (unpaired) electrons. The van der Waals surface area contributed by atoms with Crippen molar-refractivity contribution in [2.45, 2.75) is 64.0 Å². The third kappa shape index (κ3) is 7.99. The number of nitrogens with zero attached hydrogens (tertiary/aromatic N) is 2. The van der Waals surface area contributed by atoms with Crippen molar-refractivity contribution in [3.05, 3.63) is 52.5 Å². The molecule has 0 unspecified atom stereocenters. The fourth-order valence-electron chi connectivity index (χ4n) is 4.76. The number of carbonyl (C=O) groups is 2. The lowest BCUT2D eigenvalue weighted by atomic mass is 10.1. The van der Waals surface area contributed by atoms with Crippen molar-refractivity contribution in [2.24, 2.45) is 4.99 Å². The number of sulfone groups is 1. The zero-order valence-electron chi connectivity index (χ0n) is 24.3. The number of rotatable bonds is 9. The summed E-state index contributed by atoms with van der Waals surface area (Å²) in [4.78, 5) is 32.7. The Hall–Kier alpha value is -2.77. The molecule has 1 N–H and O–H groups in total. The van der Waals surface area contributed by atoms with Crippen LogP contribution in [0.4, 0.5) is 10.5 Å². The second kappa shape index (κ2) is 13.3. The number of thioether (sulfide) groups is 1. The van der Waals surface area contributed by atoms with Crippen LogP contribution in [0.25, 0.3) is 0 Å². The third-order valence-electron chi connectivity index (χ3n) is 6.42. The zero-order chi connectivity index (χ0) is 30.7. The molecule has 0 aromatic heterocycles. The monoisotopic (exact) mass is 681 g/mol. The minimum atomic E-state index is -3.29. The van der Waals surface area contributed by atoms with E-state index in [0.29, 0.717) is 40.0 Å². The van der Waals surface area contributed by atoms with E-state index in [-0.39, 0.29) is 23.2 Å². The summed E-state index contributed by atoms with van der Waals surface area (Å²) in [5.41, 5.74) is 0.683. The van der Waals surface area contributed by atoms with E-state index < -0.39 is 39.5 Å². The molecule has 2 aromatic carbocycles. The summed E-state index contributed by atoms with van der Waals surface area (Å²) in [6, 6.07) is 11.4. The molecule has 4 rings (SSSR count). The standard InChI is InChI=1S/C29H36BrN3O7S2/c1-6-38-23-14-19(30)21(15-24(23)39-7-2)33-22-16-42(36,37)17-25(22)41-27(33)32-26(34)20(13-18-11-9-8-10-12-18)31-28(35)40-29(3,4)5/h8-12,14-15,20,22,25H,6-7,13,16-17H2,1-5H3,(H,31,35)/t20-,22-,25+/m1/s1. The summed E-state index contributed by atoms with van der Waals surface area (Å²) in [5.74, 6) is 0.350. The molecule has 3 atom stereocenters. The first kappa shape index (κ1) is 32.2. The van der Waals surface area contributed by atoms with E-state index in [9.17, 15) is 18.0 Å². The summed E-state index contributed by atoms with van der Waals surface area (Å²) in [6.07, 6.45) is -0.533. The Labute approximate surface area is 259 Å². The Morgan fingerprint density at radius 2 is 1.74 bits per heavy atom. The van der Waals surface area contributed by atoms with Crippen molar-refractivity contribution in [3.8, 4) is 11.5 Å². The molecule has 42 heavy (non-hydrogen) atoms. The van der Waals surface area contributed by atoms with Crippen LogP contribution in [0.1, 0.15) is 40.2 Å². The highest BCUT2D eigenvalue weighted by Gasteiger charge is 2.50. The molecule has 2 fully saturated rings. The number of hydrogen-bond donors (Lipinski definition) is 1. The first-order valence-corrected chi connectivity index (χ1v) is 17.2. The van der Waals surface area contributed by atoms with Gasteiger partial charge in [0.05, 0.1) is 36.4 Å². The van der Waals surface area contributed by atoms with Gasteiger partial charge in [0, 0.05) is 28.3 Å². The van der Waals surface area contributed by atoms with E-state index >= 15 is 0 Å². The van der Waals surface area contributed by atoms with Gasteiger partial charge in [-0.05, 0) is 56.1 Å². The average Bonchev–Trinajstić information content (AvgIpc) is 3.35. The molecule has 10 nitrogen and oxygen atoms in total. The van der Waals surface area contributed by atoms with Crippen LogP contribution in [0.3, 0.4) is 0 Å². The van der Waals surface area contributed by atoms with Crippen LogP contribution in [0.15, 0.2) is 51.9 Å². The second-order valence-electron chi connectivity index (χ2n) is 10.9. The summed E-state index contributed by atoms with van der Waals surface area (Å²) in [5, 5.41) is 2.72. The molecule has 2 saturated heterocycles. The number of halogens is 1. The largest absolute Gasteiger partial charge is 0.490 e. The van der Waals surface area contributed by atoms with E-state index in [1.807, 2.05) is 44.2 Å². The number of fused-ring (bicyclic) bond motifs is 1. The van der Waals surface area contributed by atoms with Crippen molar-refractivity contribution >= 4 is 60.4 Å². The first-order chi connectivity index (χ1) is 19.8. The number of nitrogens with one attached hydrogen (secondary N) is 1. The lowest BCUT2D eigenvalue weighted by Gasteiger charge is -2.27. The smallest absolute Gasteiger partial charge is 0.408 e. The van der Waals surface area contributed by atoms with Gasteiger partial charge in [0.25, 0.3) is 5.91 Å². The molecule has 0 saturated carbocycles. The van der Waals surface area contributed by atoms with E-state index in [1.165, 1.54) is 11.8 Å². The van der Waals surface area contributed by atoms with Crippen LogP contribution in [-0.2, 0) is 25.8 Å². The normalized spacial score (nSPS) is 21.1. The van der Waals surface area contributed by atoms with Crippen LogP contribution in [0.2, 0.25) is 0 Å². The molecule has 0 aliphatic carbocycles. The van der Waals surface area contributed by atoms with Gasteiger partial charge >= 0.3 is 6.09 Å². The predicted molar refractivity (Wildman–Crippen MR) is 169 cm³/mol. The number of amidine groups is 1. The van der Waals surface area contributed by atoms with Crippen LogP contribution in [0.5, 0.6) is 11.5 Å². The molecule has 0 spiro atoms. The summed E-state index contributed by atoms with van der Waals surface area (Å²) in [6.45, 7) is 9.79. The molecule has 228 valence electrons. The van der Waals surface area contributed by atoms with Crippen molar-refractivity contribution in [1.29, 1.82) is 0 Å². The molecule has 0 bridgehead atoms. The van der Waals surface area contributed by atoms with Gasteiger partial charge in [-0.2, -0.15) is 4.99 Å². The number of hydrogen-bond acceptors (Lipinski definition) is 8. The summed E-state index contributed by atoms with van der Waals surface area (Å²) < 4.78 is 42.9. The highest BCUT2D eigenvalue weighted by atomic mass is 79.9.